The summed E-state index contributed by atoms with van der Waals surface area (Å²) >= 11 is 3.16. The monoisotopic (exact) mass is 350 g/mol. The Labute approximate surface area is 122 Å². The Morgan fingerprint density at radius 1 is 1.53 bits per heavy atom. The van der Waals surface area contributed by atoms with Crippen LogP contribution in [0.1, 0.15) is 25.5 Å². The quantitative estimate of drug-likeness (QED) is 0.789. The number of hydrogen-bond acceptors (Lipinski definition) is 4. The van der Waals surface area contributed by atoms with Crippen LogP contribution in [0.2, 0.25) is 0 Å². The largest absolute Gasteiger partial charge is 0.452 e. The van der Waals surface area contributed by atoms with Gasteiger partial charge in [-0.1, -0.05) is 6.92 Å². The SMILES string of the molecule is CNCc1cc(S(=O)(=O)NCC(C)C2CC2)c(Br)o1. The Morgan fingerprint density at radius 3 is 2.79 bits per heavy atom. The van der Waals surface area contributed by atoms with Crippen molar-refractivity contribution in [1.82, 2.24) is 10.0 Å². The van der Waals surface area contributed by atoms with Crippen molar-refractivity contribution in [1.29, 1.82) is 0 Å². The van der Waals surface area contributed by atoms with Crippen LogP contribution in [0, 0.1) is 11.8 Å². The van der Waals surface area contributed by atoms with Gasteiger partial charge in [-0.05, 0) is 47.7 Å². The summed E-state index contributed by atoms with van der Waals surface area (Å²) in [5.41, 5.74) is 0. The third-order valence-corrected chi connectivity index (χ3v) is 5.65. The Balaban J connectivity index is 2.05. The summed E-state index contributed by atoms with van der Waals surface area (Å²) in [6, 6.07) is 1.55. The number of halogens is 1. The van der Waals surface area contributed by atoms with Gasteiger partial charge in [-0.25, -0.2) is 13.1 Å². The Kier molecular flexibility index (Phi) is 4.70. The van der Waals surface area contributed by atoms with Gasteiger partial charge in [0.1, 0.15) is 10.7 Å². The molecule has 1 aromatic heterocycles. The highest BCUT2D eigenvalue weighted by molar-refractivity contribution is 9.10. The molecule has 1 aromatic rings. The van der Waals surface area contributed by atoms with Gasteiger partial charge in [0.2, 0.25) is 10.0 Å². The molecule has 1 aliphatic rings. The van der Waals surface area contributed by atoms with Crippen molar-refractivity contribution in [3.8, 4) is 0 Å². The molecular weight excluding hydrogens is 332 g/mol. The molecule has 0 saturated heterocycles. The predicted molar refractivity (Wildman–Crippen MR) is 76.2 cm³/mol. The van der Waals surface area contributed by atoms with Crippen LogP contribution in [0.3, 0.4) is 0 Å². The molecule has 108 valence electrons. The summed E-state index contributed by atoms with van der Waals surface area (Å²) in [4.78, 5) is 0.167. The van der Waals surface area contributed by atoms with Gasteiger partial charge in [-0.3, -0.25) is 0 Å². The molecule has 0 bridgehead atoms. The maximum Gasteiger partial charge on any atom is 0.244 e. The van der Waals surface area contributed by atoms with Gasteiger partial charge >= 0.3 is 0 Å². The van der Waals surface area contributed by atoms with Gasteiger partial charge in [-0.15, -0.1) is 0 Å². The smallest absolute Gasteiger partial charge is 0.244 e. The van der Waals surface area contributed by atoms with Crippen molar-refractivity contribution in [2.45, 2.75) is 31.2 Å². The predicted octanol–water partition coefficient (Wildman–Crippen LogP) is 2.09. The van der Waals surface area contributed by atoms with Crippen molar-refractivity contribution < 1.29 is 12.8 Å². The lowest BCUT2D eigenvalue weighted by Crippen LogP contribution is -2.29. The number of sulfonamides is 1. The summed E-state index contributed by atoms with van der Waals surface area (Å²) in [5, 5.41) is 2.92. The van der Waals surface area contributed by atoms with E-state index in [2.05, 4.69) is 32.9 Å². The van der Waals surface area contributed by atoms with Gasteiger partial charge < -0.3 is 9.73 Å². The standard InChI is InChI=1S/C12H19BrN2O3S/c1-8(9-3-4-9)6-15-19(16,17)11-5-10(7-14-2)18-12(11)13/h5,8-9,14-15H,3-4,6-7H2,1-2H3. The Morgan fingerprint density at radius 2 is 2.21 bits per heavy atom. The molecule has 0 aromatic carbocycles. The fourth-order valence-corrected chi connectivity index (χ4v) is 4.13. The number of rotatable bonds is 7. The molecule has 1 atom stereocenters. The molecular formula is C12H19BrN2O3S. The molecule has 1 aliphatic carbocycles. The zero-order chi connectivity index (χ0) is 14.0. The van der Waals surface area contributed by atoms with Gasteiger partial charge in [0, 0.05) is 12.6 Å². The molecule has 0 radical (unpaired) electrons. The highest BCUT2D eigenvalue weighted by atomic mass is 79.9. The first-order valence-electron chi connectivity index (χ1n) is 6.36. The highest BCUT2D eigenvalue weighted by Crippen LogP contribution is 2.36. The van der Waals surface area contributed by atoms with E-state index < -0.39 is 10.0 Å². The highest BCUT2D eigenvalue weighted by Gasteiger charge is 2.29. The first-order valence-corrected chi connectivity index (χ1v) is 8.64. The summed E-state index contributed by atoms with van der Waals surface area (Å²) in [7, 11) is -1.73. The molecule has 19 heavy (non-hydrogen) atoms. The van der Waals surface area contributed by atoms with Crippen LogP contribution in [0.25, 0.3) is 0 Å². The van der Waals surface area contributed by atoms with Crippen molar-refractivity contribution in [3.63, 3.8) is 0 Å². The first-order chi connectivity index (χ1) is 8.94. The van der Waals surface area contributed by atoms with Crippen molar-refractivity contribution in [3.05, 3.63) is 16.5 Å². The van der Waals surface area contributed by atoms with Crippen LogP contribution < -0.4 is 10.0 Å². The third kappa shape index (κ3) is 3.81. The van der Waals surface area contributed by atoms with Crippen LogP contribution >= 0.6 is 15.9 Å². The van der Waals surface area contributed by atoms with E-state index in [1.165, 1.54) is 12.8 Å². The molecule has 5 nitrogen and oxygen atoms in total. The Hall–Kier alpha value is -0.370. The van der Waals surface area contributed by atoms with Gasteiger partial charge in [-0.2, -0.15) is 0 Å². The molecule has 2 rings (SSSR count). The van der Waals surface area contributed by atoms with E-state index in [1.807, 2.05) is 0 Å². The summed E-state index contributed by atoms with van der Waals surface area (Å²) in [6.07, 6.45) is 2.43. The fourth-order valence-electron chi connectivity index (χ4n) is 1.99. The summed E-state index contributed by atoms with van der Waals surface area (Å²) in [6.45, 7) is 3.05. The zero-order valence-corrected chi connectivity index (χ0v) is 13.5. The summed E-state index contributed by atoms with van der Waals surface area (Å²) in [5.74, 6) is 1.65. The molecule has 2 N–H and O–H groups in total. The van der Waals surface area contributed by atoms with Crippen LogP contribution in [0.4, 0.5) is 0 Å². The lowest BCUT2D eigenvalue weighted by atomic mass is 10.1. The van der Waals surface area contributed by atoms with Crippen molar-refractivity contribution >= 4 is 26.0 Å². The van der Waals surface area contributed by atoms with E-state index in [0.717, 1.165) is 0 Å². The van der Waals surface area contributed by atoms with Crippen LogP contribution in [0.5, 0.6) is 0 Å². The van der Waals surface area contributed by atoms with Gasteiger partial charge in [0.15, 0.2) is 4.67 Å². The molecule has 1 unspecified atom stereocenters. The average molecular weight is 351 g/mol. The average Bonchev–Trinajstić information content (AvgIpc) is 3.12. The molecule has 1 saturated carbocycles. The van der Waals surface area contributed by atoms with E-state index in [4.69, 9.17) is 4.42 Å². The minimum Gasteiger partial charge on any atom is -0.452 e. The second-order valence-electron chi connectivity index (χ2n) is 5.05. The number of nitrogens with one attached hydrogen (secondary N) is 2. The molecule has 1 heterocycles. The topological polar surface area (TPSA) is 71.3 Å². The van der Waals surface area contributed by atoms with E-state index >= 15 is 0 Å². The first kappa shape index (κ1) is 15.0. The van der Waals surface area contributed by atoms with Crippen LogP contribution in [0.15, 0.2) is 20.0 Å². The number of hydrogen-bond donors (Lipinski definition) is 2. The third-order valence-electron chi connectivity index (χ3n) is 3.37. The van der Waals surface area contributed by atoms with Crippen molar-refractivity contribution in [2.75, 3.05) is 13.6 Å². The Bertz CT molecular complexity index is 537. The normalized spacial score (nSPS) is 17.6. The van der Waals surface area contributed by atoms with Gasteiger partial charge in [0.25, 0.3) is 0 Å². The van der Waals surface area contributed by atoms with E-state index in [9.17, 15) is 8.42 Å². The minimum atomic E-state index is -3.51. The van der Waals surface area contributed by atoms with Crippen LogP contribution in [-0.4, -0.2) is 22.0 Å². The fraction of sp³-hybridized carbons (Fsp3) is 0.667. The number of furan rings is 1. The zero-order valence-electron chi connectivity index (χ0n) is 11.1. The van der Waals surface area contributed by atoms with Gasteiger partial charge in [0.05, 0.1) is 6.54 Å². The maximum atomic E-state index is 12.2. The molecule has 1 fully saturated rings. The van der Waals surface area contributed by atoms with Crippen molar-refractivity contribution in [2.24, 2.45) is 11.8 Å². The molecule has 0 amide bonds. The van der Waals surface area contributed by atoms with E-state index in [0.29, 0.717) is 30.7 Å². The molecule has 7 heteroatoms. The molecule has 0 aliphatic heterocycles. The van der Waals surface area contributed by atoms with E-state index in [1.54, 1.807) is 13.1 Å². The van der Waals surface area contributed by atoms with Crippen LogP contribution in [-0.2, 0) is 16.6 Å². The molecule has 0 spiro atoms. The van der Waals surface area contributed by atoms with E-state index in [-0.39, 0.29) is 9.56 Å². The second-order valence-corrected chi connectivity index (χ2v) is 7.50. The second kappa shape index (κ2) is 5.95. The lowest BCUT2D eigenvalue weighted by Gasteiger charge is -2.11. The maximum absolute atomic E-state index is 12.2. The lowest BCUT2D eigenvalue weighted by molar-refractivity contribution is 0.468. The summed E-state index contributed by atoms with van der Waals surface area (Å²) < 4.78 is 32.6. The minimum absolute atomic E-state index is 0.167.